The molecule has 1 nitrogen and oxygen atoms in total. The molecule has 88 valence electrons. The predicted molar refractivity (Wildman–Crippen MR) is 75.1 cm³/mol. The molecule has 0 spiro atoms. The fraction of sp³-hybridized carbons (Fsp3) is 0.462. The van der Waals surface area contributed by atoms with Crippen LogP contribution in [0.2, 0.25) is 0 Å². The van der Waals surface area contributed by atoms with Crippen LogP contribution >= 0.6 is 31.9 Å². The molecule has 0 aliphatic rings. The van der Waals surface area contributed by atoms with Crippen LogP contribution in [-0.2, 0) is 11.2 Å². The normalized spacial score (nSPS) is 12.9. The van der Waals surface area contributed by atoms with Gasteiger partial charge >= 0.3 is 0 Å². The van der Waals surface area contributed by atoms with E-state index in [1.807, 2.05) is 26.0 Å². The van der Waals surface area contributed by atoms with Gasteiger partial charge in [-0.25, -0.2) is 0 Å². The van der Waals surface area contributed by atoms with Crippen LogP contribution in [0.5, 0.6) is 0 Å². The van der Waals surface area contributed by atoms with Gasteiger partial charge in [-0.3, -0.25) is 4.79 Å². The standard InChI is InChI=1S/C13H16Br2O/c1-8(2)13(16)12(15)7-10-5-4-6-11(14)9(10)3/h4-6,8,12H,7H2,1-3H3. The molecule has 0 aromatic heterocycles. The fourth-order valence-electron chi connectivity index (χ4n) is 1.53. The van der Waals surface area contributed by atoms with Crippen molar-refractivity contribution in [1.29, 1.82) is 0 Å². The molecule has 3 heteroatoms. The van der Waals surface area contributed by atoms with E-state index in [0.717, 1.165) is 10.9 Å². The Balaban J connectivity index is 2.81. The van der Waals surface area contributed by atoms with Gasteiger partial charge in [-0.1, -0.05) is 57.8 Å². The average Bonchev–Trinajstić information content (AvgIpc) is 2.23. The number of hydrogen-bond donors (Lipinski definition) is 0. The minimum absolute atomic E-state index is 0.0804. The second-order valence-corrected chi connectivity index (χ2v) is 6.21. The molecular weight excluding hydrogens is 332 g/mol. The van der Waals surface area contributed by atoms with Crippen molar-refractivity contribution in [2.75, 3.05) is 0 Å². The molecule has 1 aromatic rings. The maximum Gasteiger partial charge on any atom is 0.149 e. The third-order valence-electron chi connectivity index (χ3n) is 2.66. The maximum absolute atomic E-state index is 11.8. The average molecular weight is 348 g/mol. The van der Waals surface area contributed by atoms with Crippen LogP contribution in [0, 0.1) is 12.8 Å². The Morgan fingerprint density at radius 3 is 2.56 bits per heavy atom. The molecule has 1 aromatic carbocycles. The van der Waals surface area contributed by atoms with Gasteiger partial charge in [-0.2, -0.15) is 0 Å². The zero-order valence-corrected chi connectivity index (χ0v) is 12.9. The molecular formula is C13H16Br2O. The Labute approximate surface area is 114 Å². The van der Waals surface area contributed by atoms with Crippen LogP contribution in [0.25, 0.3) is 0 Å². The Hall–Kier alpha value is -0.150. The molecule has 0 heterocycles. The highest BCUT2D eigenvalue weighted by Crippen LogP contribution is 2.23. The van der Waals surface area contributed by atoms with Gasteiger partial charge in [-0.05, 0) is 30.5 Å². The summed E-state index contributed by atoms with van der Waals surface area (Å²) in [4.78, 5) is 11.7. The van der Waals surface area contributed by atoms with Crippen molar-refractivity contribution in [3.05, 3.63) is 33.8 Å². The van der Waals surface area contributed by atoms with Crippen LogP contribution in [0.1, 0.15) is 25.0 Å². The SMILES string of the molecule is Cc1c(Br)cccc1CC(Br)C(=O)C(C)C. The summed E-state index contributed by atoms with van der Waals surface area (Å²) in [5, 5.41) is 0. The Morgan fingerprint density at radius 2 is 2.00 bits per heavy atom. The van der Waals surface area contributed by atoms with Crippen molar-refractivity contribution < 1.29 is 4.79 Å². The van der Waals surface area contributed by atoms with Gasteiger partial charge in [0, 0.05) is 10.4 Å². The van der Waals surface area contributed by atoms with E-state index < -0.39 is 0 Å². The molecule has 0 aliphatic heterocycles. The summed E-state index contributed by atoms with van der Waals surface area (Å²) in [5.41, 5.74) is 2.42. The lowest BCUT2D eigenvalue weighted by Crippen LogP contribution is -2.22. The zero-order chi connectivity index (χ0) is 12.3. The van der Waals surface area contributed by atoms with E-state index in [9.17, 15) is 4.79 Å². The third kappa shape index (κ3) is 3.42. The lowest BCUT2D eigenvalue weighted by atomic mass is 9.98. The van der Waals surface area contributed by atoms with Crippen molar-refractivity contribution in [1.82, 2.24) is 0 Å². The largest absolute Gasteiger partial charge is 0.298 e. The van der Waals surface area contributed by atoms with E-state index in [2.05, 4.69) is 44.8 Å². The highest BCUT2D eigenvalue weighted by Gasteiger charge is 2.19. The van der Waals surface area contributed by atoms with Crippen LogP contribution < -0.4 is 0 Å². The van der Waals surface area contributed by atoms with Crippen molar-refractivity contribution >= 4 is 37.6 Å². The van der Waals surface area contributed by atoms with Crippen LogP contribution in [0.15, 0.2) is 22.7 Å². The quantitative estimate of drug-likeness (QED) is 0.742. The predicted octanol–water partition coefficient (Wildman–Crippen LogP) is 4.29. The van der Waals surface area contributed by atoms with Gasteiger partial charge in [0.1, 0.15) is 5.78 Å². The summed E-state index contributed by atoms with van der Waals surface area (Å²) in [6.45, 7) is 5.94. The molecule has 1 unspecified atom stereocenters. The van der Waals surface area contributed by atoms with Crippen molar-refractivity contribution in [3.63, 3.8) is 0 Å². The van der Waals surface area contributed by atoms with E-state index in [-0.39, 0.29) is 16.5 Å². The fourth-order valence-corrected chi connectivity index (χ4v) is 2.81. The second-order valence-electron chi connectivity index (χ2n) is 4.25. The van der Waals surface area contributed by atoms with Crippen molar-refractivity contribution in [2.24, 2.45) is 5.92 Å². The van der Waals surface area contributed by atoms with Gasteiger partial charge in [0.2, 0.25) is 0 Å². The minimum atomic E-state index is -0.0829. The summed E-state index contributed by atoms with van der Waals surface area (Å²) in [7, 11) is 0. The summed E-state index contributed by atoms with van der Waals surface area (Å²) >= 11 is 6.98. The van der Waals surface area contributed by atoms with E-state index in [4.69, 9.17) is 0 Å². The number of benzene rings is 1. The molecule has 0 aliphatic carbocycles. The van der Waals surface area contributed by atoms with Gasteiger partial charge < -0.3 is 0 Å². The highest BCUT2D eigenvalue weighted by atomic mass is 79.9. The first kappa shape index (κ1) is 13.9. The van der Waals surface area contributed by atoms with Crippen LogP contribution in [-0.4, -0.2) is 10.6 Å². The molecule has 0 bridgehead atoms. The van der Waals surface area contributed by atoms with Gasteiger partial charge in [-0.15, -0.1) is 0 Å². The van der Waals surface area contributed by atoms with Gasteiger partial charge in [0.15, 0.2) is 0 Å². The molecule has 0 saturated carbocycles. The highest BCUT2D eigenvalue weighted by molar-refractivity contribution is 9.10. The zero-order valence-electron chi connectivity index (χ0n) is 9.76. The smallest absolute Gasteiger partial charge is 0.149 e. The first-order valence-electron chi connectivity index (χ1n) is 5.35. The molecule has 0 radical (unpaired) electrons. The molecule has 0 N–H and O–H groups in total. The number of alkyl halides is 1. The monoisotopic (exact) mass is 346 g/mol. The summed E-state index contributed by atoms with van der Waals surface area (Å²) in [5.74, 6) is 0.344. The number of Topliss-reactive ketones (excluding diaryl/α,β-unsaturated/α-hetero) is 1. The van der Waals surface area contributed by atoms with Gasteiger partial charge in [0.25, 0.3) is 0 Å². The molecule has 1 rings (SSSR count). The van der Waals surface area contributed by atoms with E-state index >= 15 is 0 Å². The maximum atomic E-state index is 11.8. The second kappa shape index (κ2) is 5.97. The lowest BCUT2D eigenvalue weighted by molar-refractivity contribution is -0.121. The topological polar surface area (TPSA) is 17.1 Å². The number of carbonyl (C=O) groups excluding carboxylic acids is 1. The summed E-state index contributed by atoms with van der Waals surface area (Å²) in [6.07, 6.45) is 0.752. The molecule has 0 amide bonds. The van der Waals surface area contributed by atoms with E-state index in [0.29, 0.717) is 0 Å². The van der Waals surface area contributed by atoms with Crippen molar-refractivity contribution in [3.8, 4) is 0 Å². The molecule has 0 saturated heterocycles. The van der Waals surface area contributed by atoms with Crippen LogP contribution in [0.3, 0.4) is 0 Å². The van der Waals surface area contributed by atoms with Crippen molar-refractivity contribution in [2.45, 2.75) is 32.0 Å². The number of carbonyl (C=O) groups is 1. The Morgan fingerprint density at radius 1 is 1.38 bits per heavy atom. The van der Waals surface area contributed by atoms with E-state index in [1.165, 1.54) is 11.1 Å². The first-order chi connectivity index (χ1) is 7.43. The van der Waals surface area contributed by atoms with E-state index in [1.54, 1.807) is 0 Å². The number of ketones is 1. The molecule has 0 fully saturated rings. The Bertz CT molecular complexity index is 386. The summed E-state index contributed by atoms with van der Waals surface area (Å²) < 4.78 is 1.10. The lowest BCUT2D eigenvalue weighted by Gasteiger charge is -2.13. The van der Waals surface area contributed by atoms with Gasteiger partial charge in [0.05, 0.1) is 4.83 Å². The third-order valence-corrected chi connectivity index (χ3v) is 4.29. The Kier molecular flexibility index (Phi) is 5.19. The summed E-state index contributed by atoms with van der Waals surface area (Å²) in [6, 6.07) is 6.10. The molecule has 16 heavy (non-hydrogen) atoms. The number of hydrogen-bond acceptors (Lipinski definition) is 1. The number of rotatable bonds is 4. The molecule has 1 atom stereocenters. The van der Waals surface area contributed by atoms with Crippen LogP contribution in [0.4, 0.5) is 0 Å². The minimum Gasteiger partial charge on any atom is -0.298 e. The first-order valence-corrected chi connectivity index (χ1v) is 7.06. The number of halogens is 2.